The van der Waals surface area contributed by atoms with Gasteiger partial charge in [0, 0.05) is 53.0 Å². The van der Waals surface area contributed by atoms with Crippen LogP contribution in [0.4, 0.5) is 10.1 Å². The fraction of sp³-hybridized carbons (Fsp3) is 0.611. The quantitative estimate of drug-likeness (QED) is 0.292. The standard InChI is InChI=1S/C18H29FN4O.HI/c1-3-24-15-7-6-10-21-18(20-2)23-13-11-22(12-14-23)17-9-5-4-8-16(17)19;/h4-5,8-9H,3,6-7,10-15H2,1-2H3,(H,20,21);1H. The van der Waals surface area contributed by atoms with Crippen molar-refractivity contribution in [2.24, 2.45) is 4.99 Å². The maximum atomic E-state index is 13.9. The number of ether oxygens (including phenoxy) is 1. The number of rotatable bonds is 7. The molecular formula is C18H30FIN4O. The smallest absolute Gasteiger partial charge is 0.193 e. The number of benzene rings is 1. The van der Waals surface area contributed by atoms with Crippen LogP contribution in [0.3, 0.4) is 0 Å². The summed E-state index contributed by atoms with van der Waals surface area (Å²) in [6.45, 7) is 7.78. The van der Waals surface area contributed by atoms with E-state index in [0.29, 0.717) is 5.69 Å². The lowest BCUT2D eigenvalue weighted by atomic mass is 10.2. The molecule has 1 aliphatic rings. The molecule has 142 valence electrons. The van der Waals surface area contributed by atoms with Crippen molar-refractivity contribution in [2.75, 3.05) is 57.9 Å². The Hall–Kier alpha value is -1.09. The third-order valence-electron chi connectivity index (χ3n) is 4.19. The van der Waals surface area contributed by atoms with Gasteiger partial charge in [-0.3, -0.25) is 4.99 Å². The molecule has 1 heterocycles. The highest BCUT2D eigenvalue weighted by atomic mass is 127. The number of para-hydroxylation sites is 1. The first-order chi connectivity index (χ1) is 11.8. The van der Waals surface area contributed by atoms with Gasteiger partial charge in [-0.25, -0.2) is 4.39 Å². The summed E-state index contributed by atoms with van der Waals surface area (Å²) in [7, 11) is 1.81. The summed E-state index contributed by atoms with van der Waals surface area (Å²) in [5.41, 5.74) is 0.691. The van der Waals surface area contributed by atoms with E-state index >= 15 is 0 Å². The van der Waals surface area contributed by atoms with Crippen molar-refractivity contribution in [2.45, 2.75) is 19.8 Å². The van der Waals surface area contributed by atoms with Crippen molar-refractivity contribution in [1.82, 2.24) is 10.2 Å². The lowest BCUT2D eigenvalue weighted by molar-refractivity contribution is 0.143. The van der Waals surface area contributed by atoms with E-state index in [9.17, 15) is 4.39 Å². The van der Waals surface area contributed by atoms with Crippen LogP contribution in [0.1, 0.15) is 19.8 Å². The molecule has 1 aromatic rings. The molecule has 25 heavy (non-hydrogen) atoms. The molecule has 1 aromatic carbocycles. The first-order valence-electron chi connectivity index (χ1n) is 8.79. The number of nitrogens with one attached hydrogen (secondary N) is 1. The second kappa shape index (κ2) is 12.3. The van der Waals surface area contributed by atoms with E-state index < -0.39 is 0 Å². The van der Waals surface area contributed by atoms with E-state index in [-0.39, 0.29) is 29.8 Å². The number of anilines is 1. The van der Waals surface area contributed by atoms with Crippen LogP contribution in [0.5, 0.6) is 0 Å². The molecule has 1 aliphatic heterocycles. The highest BCUT2D eigenvalue weighted by Crippen LogP contribution is 2.20. The van der Waals surface area contributed by atoms with Gasteiger partial charge in [0.1, 0.15) is 5.82 Å². The van der Waals surface area contributed by atoms with E-state index in [0.717, 1.165) is 64.7 Å². The fourth-order valence-corrected chi connectivity index (χ4v) is 2.87. The minimum atomic E-state index is -0.150. The zero-order chi connectivity index (χ0) is 17.2. The minimum Gasteiger partial charge on any atom is -0.382 e. The van der Waals surface area contributed by atoms with Crippen molar-refractivity contribution in [3.63, 3.8) is 0 Å². The molecule has 0 radical (unpaired) electrons. The molecule has 0 aromatic heterocycles. The molecule has 1 saturated heterocycles. The number of hydrogen-bond acceptors (Lipinski definition) is 3. The maximum Gasteiger partial charge on any atom is 0.193 e. The van der Waals surface area contributed by atoms with Crippen LogP contribution in [0.15, 0.2) is 29.3 Å². The van der Waals surface area contributed by atoms with Crippen molar-refractivity contribution in [1.29, 1.82) is 0 Å². The predicted octanol–water partition coefficient (Wildman–Crippen LogP) is 2.96. The molecule has 1 N–H and O–H groups in total. The van der Waals surface area contributed by atoms with Crippen LogP contribution >= 0.6 is 24.0 Å². The topological polar surface area (TPSA) is 40.1 Å². The number of aliphatic imine (C=N–C) groups is 1. The van der Waals surface area contributed by atoms with Gasteiger partial charge in [0.15, 0.2) is 5.96 Å². The first kappa shape index (κ1) is 22.0. The van der Waals surface area contributed by atoms with E-state index in [1.807, 2.05) is 26.1 Å². The molecule has 0 unspecified atom stereocenters. The molecule has 0 spiro atoms. The Balaban J connectivity index is 0.00000312. The highest BCUT2D eigenvalue weighted by Gasteiger charge is 2.21. The molecule has 7 heteroatoms. The van der Waals surface area contributed by atoms with Gasteiger partial charge in [-0.05, 0) is 31.9 Å². The summed E-state index contributed by atoms with van der Waals surface area (Å²) >= 11 is 0. The third-order valence-corrected chi connectivity index (χ3v) is 4.19. The minimum absolute atomic E-state index is 0. The number of hydrogen-bond donors (Lipinski definition) is 1. The Morgan fingerprint density at radius 3 is 2.56 bits per heavy atom. The van der Waals surface area contributed by atoms with Gasteiger partial charge in [-0.15, -0.1) is 24.0 Å². The summed E-state index contributed by atoms with van der Waals surface area (Å²) in [6, 6.07) is 6.97. The van der Waals surface area contributed by atoms with E-state index in [1.54, 1.807) is 6.07 Å². The van der Waals surface area contributed by atoms with Crippen LogP contribution in [0.25, 0.3) is 0 Å². The fourth-order valence-electron chi connectivity index (χ4n) is 2.87. The SMILES string of the molecule is CCOCCCCNC(=NC)N1CCN(c2ccccc2F)CC1.I. The lowest BCUT2D eigenvalue weighted by Crippen LogP contribution is -2.52. The Morgan fingerprint density at radius 2 is 1.92 bits per heavy atom. The van der Waals surface area contributed by atoms with Gasteiger partial charge in [0.05, 0.1) is 5.69 Å². The van der Waals surface area contributed by atoms with Crippen molar-refractivity contribution < 1.29 is 9.13 Å². The molecule has 5 nitrogen and oxygen atoms in total. The van der Waals surface area contributed by atoms with Crippen LogP contribution in [0, 0.1) is 5.82 Å². The van der Waals surface area contributed by atoms with E-state index in [4.69, 9.17) is 4.74 Å². The number of halogens is 2. The zero-order valence-electron chi connectivity index (χ0n) is 15.2. The van der Waals surface area contributed by atoms with Gasteiger partial charge in [0.2, 0.25) is 0 Å². The van der Waals surface area contributed by atoms with Crippen LogP contribution in [0.2, 0.25) is 0 Å². The zero-order valence-corrected chi connectivity index (χ0v) is 17.5. The second-order valence-corrected chi connectivity index (χ2v) is 5.80. The van der Waals surface area contributed by atoms with Crippen molar-refractivity contribution in [3.05, 3.63) is 30.1 Å². The molecule has 0 saturated carbocycles. The second-order valence-electron chi connectivity index (χ2n) is 5.80. The van der Waals surface area contributed by atoms with Gasteiger partial charge in [-0.2, -0.15) is 0 Å². The average Bonchev–Trinajstić information content (AvgIpc) is 2.62. The Kier molecular flexibility index (Phi) is 10.8. The summed E-state index contributed by atoms with van der Waals surface area (Å²) in [5, 5.41) is 3.41. The predicted molar refractivity (Wildman–Crippen MR) is 113 cm³/mol. The first-order valence-corrected chi connectivity index (χ1v) is 8.79. The van der Waals surface area contributed by atoms with Gasteiger partial charge in [-0.1, -0.05) is 12.1 Å². The number of unbranched alkanes of at least 4 members (excludes halogenated alkanes) is 1. The van der Waals surface area contributed by atoms with Crippen LogP contribution in [-0.2, 0) is 4.74 Å². The van der Waals surface area contributed by atoms with Gasteiger partial charge < -0.3 is 19.9 Å². The largest absolute Gasteiger partial charge is 0.382 e. The average molecular weight is 464 g/mol. The van der Waals surface area contributed by atoms with Crippen LogP contribution < -0.4 is 10.2 Å². The van der Waals surface area contributed by atoms with Gasteiger partial charge >= 0.3 is 0 Å². The van der Waals surface area contributed by atoms with Crippen molar-refractivity contribution >= 4 is 35.6 Å². The Bertz CT molecular complexity index is 522. The van der Waals surface area contributed by atoms with Crippen LogP contribution in [-0.4, -0.2) is 63.8 Å². The molecular weight excluding hydrogens is 434 g/mol. The molecule has 0 amide bonds. The number of piperazine rings is 1. The summed E-state index contributed by atoms with van der Waals surface area (Å²) in [6.07, 6.45) is 2.12. The van der Waals surface area contributed by atoms with E-state index in [2.05, 4.69) is 20.1 Å². The molecule has 0 bridgehead atoms. The van der Waals surface area contributed by atoms with Crippen molar-refractivity contribution in [3.8, 4) is 0 Å². The number of guanidine groups is 1. The normalized spacial score (nSPS) is 15.1. The van der Waals surface area contributed by atoms with Gasteiger partial charge in [0.25, 0.3) is 0 Å². The molecule has 0 atom stereocenters. The van der Waals surface area contributed by atoms with E-state index in [1.165, 1.54) is 6.07 Å². The Morgan fingerprint density at radius 1 is 1.20 bits per heavy atom. The Labute approximate surface area is 167 Å². The molecule has 1 fully saturated rings. The summed E-state index contributed by atoms with van der Waals surface area (Å²) in [4.78, 5) is 8.70. The highest BCUT2D eigenvalue weighted by molar-refractivity contribution is 14.0. The molecule has 0 aliphatic carbocycles. The maximum absolute atomic E-state index is 13.9. The molecule has 2 rings (SSSR count). The number of nitrogens with zero attached hydrogens (tertiary/aromatic N) is 3. The lowest BCUT2D eigenvalue weighted by Gasteiger charge is -2.37. The summed E-state index contributed by atoms with van der Waals surface area (Å²) in [5.74, 6) is 0.780. The third kappa shape index (κ3) is 6.97. The monoisotopic (exact) mass is 464 g/mol. The summed E-state index contributed by atoms with van der Waals surface area (Å²) < 4.78 is 19.2.